The number of Topliss-reactive ketones (excluding diaryl/α,β-unsaturated/α-hetero) is 1. The van der Waals surface area contributed by atoms with Crippen LogP contribution < -0.4 is 26.6 Å². The summed E-state index contributed by atoms with van der Waals surface area (Å²) in [6.07, 6.45) is 17.1. The van der Waals surface area contributed by atoms with Gasteiger partial charge in [-0.15, -0.1) is 0 Å². The predicted octanol–water partition coefficient (Wildman–Crippen LogP) is 5.91. The van der Waals surface area contributed by atoms with Gasteiger partial charge in [0.2, 0.25) is 35.3 Å². The van der Waals surface area contributed by atoms with Gasteiger partial charge in [0.15, 0.2) is 0 Å². The highest BCUT2D eigenvalue weighted by atomic mass is 16.2. The summed E-state index contributed by atoms with van der Waals surface area (Å²) in [5.41, 5.74) is 1.59. The molecule has 0 spiro atoms. The molecule has 1 aromatic heterocycles. The van der Waals surface area contributed by atoms with Crippen LogP contribution in [0.15, 0.2) is 42.7 Å². The number of rotatable bonds is 17. The third kappa shape index (κ3) is 11.8. The Balaban J connectivity index is 0.802. The molecule has 2 saturated heterocycles. The predicted molar refractivity (Wildman–Crippen MR) is 294 cm³/mol. The second-order valence-corrected chi connectivity index (χ2v) is 25.0. The topological polar surface area (TPSA) is 263 Å². The molecule has 7 aliphatic rings. The summed E-state index contributed by atoms with van der Waals surface area (Å²) in [4.78, 5) is 150. The number of nitrogens with zero attached hydrogens (tertiary/aromatic N) is 4. The van der Waals surface area contributed by atoms with E-state index in [9.17, 15) is 43.2 Å². The molecule has 5 N–H and O–H groups in total. The first-order valence-corrected chi connectivity index (χ1v) is 29.5. The van der Waals surface area contributed by atoms with Gasteiger partial charge in [0.25, 0.3) is 23.6 Å². The molecule has 4 heterocycles. The van der Waals surface area contributed by atoms with Gasteiger partial charge < -0.3 is 26.2 Å². The molecular formula is C61H77N9O10. The van der Waals surface area contributed by atoms with Crippen molar-refractivity contribution in [1.82, 2.24) is 46.4 Å². The van der Waals surface area contributed by atoms with Crippen molar-refractivity contribution in [2.24, 2.45) is 29.1 Å². The highest BCUT2D eigenvalue weighted by Crippen LogP contribution is 2.44. The number of imide groups is 2. The molecule has 3 aromatic rings. The number of nitrogens with one attached hydrogen (secondary N) is 5. The lowest BCUT2D eigenvalue weighted by Gasteiger charge is -2.38. The van der Waals surface area contributed by atoms with Gasteiger partial charge >= 0.3 is 0 Å². The molecule has 19 heteroatoms. The van der Waals surface area contributed by atoms with E-state index in [0.29, 0.717) is 48.7 Å². The maximum atomic E-state index is 15.0. The number of ketones is 1. The van der Waals surface area contributed by atoms with E-state index in [0.717, 1.165) is 105 Å². The summed E-state index contributed by atoms with van der Waals surface area (Å²) >= 11 is 0. The molecule has 3 aliphatic heterocycles. The summed E-state index contributed by atoms with van der Waals surface area (Å²) in [6, 6.07) is 4.14. The van der Waals surface area contributed by atoms with Gasteiger partial charge in [-0.05, 0) is 123 Å². The highest BCUT2D eigenvalue weighted by molar-refractivity contribution is 6.38. The Morgan fingerprint density at radius 1 is 0.775 bits per heavy atom. The van der Waals surface area contributed by atoms with Gasteiger partial charge in [0.05, 0.1) is 23.5 Å². The van der Waals surface area contributed by atoms with Gasteiger partial charge in [-0.25, -0.2) is 4.98 Å². The summed E-state index contributed by atoms with van der Waals surface area (Å²) in [6.45, 7) is 7.78. The zero-order chi connectivity index (χ0) is 56.6. The van der Waals surface area contributed by atoms with Gasteiger partial charge in [-0.1, -0.05) is 96.9 Å². The van der Waals surface area contributed by atoms with E-state index in [1.165, 1.54) is 6.20 Å². The Hall–Kier alpha value is -6.92. The van der Waals surface area contributed by atoms with Crippen LogP contribution in [0.3, 0.4) is 0 Å². The smallest absolute Gasteiger partial charge is 0.289 e. The van der Waals surface area contributed by atoms with Crippen molar-refractivity contribution in [3.8, 4) is 0 Å². The summed E-state index contributed by atoms with van der Waals surface area (Å²) in [7, 11) is 0. The van der Waals surface area contributed by atoms with Crippen LogP contribution >= 0.6 is 0 Å². The lowest BCUT2D eigenvalue weighted by Crippen LogP contribution is -2.62. The number of carbonyl (C=O) groups excluding carboxylic acids is 10. The fourth-order valence-corrected chi connectivity index (χ4v) is 13.9. The molecule has 9 atom stereocenters. The molecule has 80 heavy (non-hydrogen) atoms. The first-order valence-electron chi connectivity index (χ1n) is 29.5. The van der Waals surface area contributed by atoms with Crippen molar-refractivity contribution in [3.63, 3.8) is 0 Å². The van der Waals surface area contributed by atoms with E-state index >= 15 is 4.79 Å². The maximum Gasteiger partial charge on any atom is 0.289 e. The average molecular weight is 1100 g/mol. The molecule has 4 saturated carbocycles. The first kappa shape index (κ1) is 56.4. The molecular weight excluding hydrogens is 1020 g/mol. The third-order valence-electron chi connectivity index (χ3n) is 18.3. The van der Waals surface area contributed by atoms with Crippen LogP contribution in [-0.2, 0) is 40.0 Å². The normalized spacial score (nSPS) is 25.4. The zero-order valence-electron chi connectivity index (χ0n) is 46.6. The van der Waals surface area contributed by atoms with Crippen molar-refractivity contribution in [1.29, 1.82) is 0 Å². The van der Waals surface area contributed by atoms with Crippen molar-refractivity contribution < 1.29 is 47.9 Å². The molecule has 19 nitrogen and oxygen atoms in total. The molecule has 0 radical (unpaired) electrons. The maximum absolute atomic E-state index is 15.0. The Bertz CT molecular complexity index is 2960. The van der Waals surface area contributed by atoms with Crippen LogP contribution in [0.25, 0.3) is 10.8 Å². The monoisotopic (exact) mass is 1100 g/mol. The van der Waals surface area contributed by atoms with E-state index < -0.39 is 94.6 Å². The molecule has 3 unspecified atom stereocenters. The van der Waals surface area contributed by atoms with Gasteiger partial charge in [0, 0.05) is 42.1 Å². The fourth-order valence-electron chi connectivity index (χ4n) is 13.9. The molecule has 426 valence electrons. The Morgan fingerprint density at radius 2 is 1.55 bits per heavy atom. The largest absolute Gasteiger partial charge is 0.347 e. The van der Waals surface area contributed by atoms with Crippen molar-refractivity contribution >= 4 is 69.7 Å². The first-order chi connectivity index (χ1) is 38.4. The van der Waals surface area contributed by atoms with Crippen LogP contribution in [0.5, 0.6) is 0 Å². The number of piperidine rings is 1. The Labute approximate surface area is 467 Å². The van der Waals surface area contributed by atoms with E-state index in [-0.39, 0.29) is 60.6 Å². The third-order valence-corrected chi connectivity index (χ3v) is 18.3. The molecule has 4 aliphatic carbocycles. The van der Waals surface area contributed by atoms with Crippen LogP contribution in [0.1, 0.15) is 198 Å². The minimum Gasteiger partial charge on any atom is -0.347 e. The second-order valence-electron chi connectivity index (χ2n) is 25.0. The van der Waals surface area contributed by atoms with Gasteiger partial charge in [-0.2, -0.15) is 0 Å². The molecule has 2 aromatic carbocycles. The summed E-state index contributed by atoms with van der Waals surface area (Å²) in [5, 5.41) is 15.4. The summed E-state index contributed by atoms with van der Waals surface area (Å²) < 4.78 is 0. The van der Waals surface area contributed by atoms with Gasteiger partial charge in [-0.3, -0.25) is 63.1 Å². The lowest BCUT2D eigenvalue weighted by atomic mass is 9.82. The zero-order valence-corrected chi connectivity index (χ0v) is 46.6. The standard InChI is InChI=1S/C61H77N9O10/c1-5-12-42(51(72)57(77)64-39-25-26-39)65-56(76)50-40-19-11-18-38(40)32-69(50)60(80)52(61(2,3)4)68-55(75)49(36-14-7-6-8-15-36)67-53(73)44-31-62-43(30-63-44)34-16-9-13-33(21-22-34)29-37-24-23-35-17-10-20-41-47(35)48(37)59(79)70(58(41)78)45-27-28-46(71)66-54(45)74/h10,17,20,23-24,30-31,33-34,36,38-40,42,45,49-50,52H,5-9,11-16,18-19,21-22,25-29,32H2,1-4H3,(H,64,77)(H,65,76)(H,67,73)(H,68,75)(H,66,71,74)/t33?,34?,38-,40-,42+,45?,49-,50-,52+/m0/s1. The van der Waals surface area contributed by atoms with Crippen LogP contribution in [0.2, 0.25) is 0 Å². The minimum absolute atomic E-state index is 0.0208. The number of amides is 9. The van der Waals surface area contributed by atoms with Gasteiger partial charge in [0.1, 0.15) is 29.9 Å². The molecule has 9 amide bonds. The quantitative estimate of drug-likeness (QED) is 0.0601. The number of aromatic nitrogens is 2. The van der Waals surface area contributed by atoms with E-state index in [1.807, 2.05) is 45.9 Å². The number of hydrogen-bond acceptors (Lipinski definition) is 12. The van der Waals surface area contributed by atoms with Crippen LogP contribution in [0, 0.1) is 29.1 Å². The van der Waals surface area contributed by atoms with Crippen LogP contribution in [-0.4, -0.2) is 122 Å². The number of fused-ring (bicyclic) bond motifs is 1. The van der Waals surface area contributed by atoms with E-state index in [4.69, 9.17) is 4.98 Å². The molecule has 6 fully saturated rings. The highest BCUT2D eigenvalue weighted by Gasteiger charge is 2.53. The number of hydrogen-bond donors (Lipinski definition) is 5. The van der Waals surface area contributed by atoms with E-state index in [2.05, 4.69) is 31.6 Å². The Morgan fingerprint density at radius 3 is 2.26 bits per heavy atom. The van der Waals surface area contributed by atoms with E-state index in [1.54, 1.807) is 23.2 Å². The summed E-state index contributed by atoms with van der Waals surface area (Å²) in [5.74, 6) is -5.50. The number of benzene rings is 2. The fraction of sp³-hybridized carbons (Fsp3) is 0.607. The Kier molecular flexibility index (Phi) is 16.7. The number of likely N-dealkylation sites (tertiary alicyclic amines) is 1. The molecule has 10 rings (SSSR count). The second kappa shape index (κ2) is 23.7. The minimum atomic E-state index is -1.08. The van der Waals surface area contributed by atoms with Crippen molar-refractivity contribution in [2.75, 3.05) is 6.54 Å². The number of carbonyl (C=O) groups is 10. The SMILES string of the molecule is CCC[C@@H](NC(=O)[C@@H]1[C@H]2CCC[C@H]2CN1C(=O)[C@@H](NC(=O)[C@@H](NC(=O)c1cnc(C2CCCC(Cc3ccc4cccc5c4c3C(=O)N(C3CCC(=O)NC3=O)C5=O)CC2)cn1)C1CCCCC1)C(C)(C)C)C(=O)C(=O)NC1CC1. The van der Waals surface area contributed by atoms with Crippen molar-refractivity contribution in [3.05, 3.63) is 70.8 Å². The lowest BCUT2D eigenvalue weighted by molar-refractivity contribution is -0.146. The average Bonchev–Trinajstić information content (AvgIpc) is 4.11. The molecule has 0 bridgehead atoms. The van der Waals surface area contributed by atoms with Crippen molar-refractivity contribution in [2.45, 2.75) is 198 Å². The van der Waals surface area contributed by atoms with Crippen LogP contribution in [0.4, 0.5) is 0 Å².